The summed E-state index contributed by atoms with van der Waals surface area (Å²) in [6.07, 6.45) is 1.96. The number of sulfonamides is 1. The highest BCUT2D eigenvalue weighted by molar-refractivity contribution is 7.92. The molecule has 31 heavy (non-hydrogen) atoms. The van der Waals surface area contributed by atoms with Crippen LogP contribution in [0.2, 0.25) is 0 Å². The number of benzene rings is 2. The first kappa shape index (κ1) is 21.9. The molecule has 8 heteroatoms. The normalized spacial score (nSPS) is 10.8. The van der Waals surface area contributed by atoms with Gasteiger partial charge in [-0.2, -0.15) is 0 Å². The van der Waals surface area contributed by atoms with Crippen molar-refractivity contribution >= 4 is 21.8 Å². The smallest absolute Gasteiger partial charge is 0.339 e. The van der Waals surface area contributed by atoms with E-state index in [1.54, 1.807) is 44.2 Å². The summed E-state index contributed by atoms with van der Waals surface area (Å²) in [7, 11) is -3.80. The molecule has 0 radical (unpaired) electrons. The van der Waals surface area contributed by atoms with Crippen LogP contribution in [0.25, 0.3) is 0 Å². The molecular weight excluding hydrogens is 416 g/mol. The van der Waals surface area contributed by atoms with E-state index in [-0.39, 0.29) is 22.0 Å². The Kier molecular flexibility index (Phi) is 6.28. The number of aromatic nitrogens is 1. The fraction of sp³-hybridized carbons (Fsp3) is 0.130. The van der Waals surface area contributed by atoms with Gasteiger partial charge in [0.15, 0.2) is 0 Å². The number of pyridine rings is 1. The van der Waals surface area contributed by atoms with Crippen LogP contribution in [0.4, 0.5) is 5.82 Å². The Morgan fingerprint density at radius 1 is 1.10 bits per heavy atom. The molecule has 0 aliphatic rings. The summed E-state index contributed by atoms with van der Waals surface area (Å²) in [5.74, 6) is 4.52. The lowest BCUT2D eigenvalue weighted by Crippen LogP contribution is -2.14. The summed E-state index contributed by atoms with van der Waals surface area (Å²) in [5.41, 5.74) is 1.98. The predicted octanol–water partition coefficient (Wildman–Crippen LogP) is 3.56. The Bertz CT molecular complexity index is 1300. The minimum atomic E-state index is -3.80. The minimum absolute atomic E-state index is 0.0640. The van der Waals surface area contributed by atoms with Crippen LogP contribution >= 0.6 is 0 Å². The maximum Gasteiger partial charge on any atom is 0.339 e. The predicted molar refractivity (Wildman–Crippen MR) is 117 cm³/mol. The first-order valence-electron chi connectivity index (χ1n) is 9.37. The van der Waals surface area contributed by atoms with Crippen LogP contribution < -0.4 is 4.72 Å². The number of carboxylic acid groups (broad SMARTS) is 1. The van der Waals surface area contributed by atoms with Gasteiger partial charge in [0, 0.05) is 17.3 Å². The number of nitrogens with zero attached hydrogens (tertiary/aromatic N) is 1. The molecule has 0 amide bonds. The second kappa shape index (κ2) is 8.90. The first-order chi connectivity index (χ1) is 14.7. The summed E-state index contributed by atoms with van der Waals surface area (Å²) in [6, 6.07) is 12.4. The Labute approximate surface area is 180 Å². The van der Waals surface area contributed by atoms with E-state index in [9.17, 15) is 23.4 Å². The quantitative estimate of drug-likeness (QED) is 0.527. The minimum Gasteiger partial charge on any atom is -0.507 e. The number of hydrogen-bond donors (Lipinski definition) is 3. The van der Waals surface area contributed by atoms with Crippen LogP contribution in [-0.4, -0.2) is 29.6 Å². The number of anilines is 1. The number of carbonyl (C=O) groups is 1. The van der Waals surface area contributed by atoms with Gasteiger partial charge in [-0.15, -0.1) is 0 Å². The van der Waals surface area contributed by atoms with Crippen molar-refractivity contribution in [2.45, 2.75) is 25.2 Å². The number of aryl methyl sites for hydroxylation is 2. The summed E-state index contributed by atoms with van der Waals surface area (Å²) in [6.45, 7) is 3.56. The number of carboxylic acids is 1. The van der Waals surface area contributed by atoms with Crippen molar-refractivity contribution in [2.24, 2.45) is 0 Å². The molecule has 0 bridgehead atoms. The summed E-state index contributed by atoms with van der Waals surface area (Å²) in [5, 5.41) is 19.3. The maximum atomic E-state index is 12.6. The molecule has 0 saturated carbocycles. The molecule has 2 aromatic carbocycles. The van der Waals surface area contributed by atoms with Gasteiger partial charge in [-0.05, 0) is 66.9 Å². The topological polar surface area (TPSA) is 117 Å². The van der Waals surface area contributed by atoms with Crippen molar-refractivity contribution in [3.05, 3.63) is 82.5 Å². The van der Waals surface area contributed by atoms with Gasteiger partial charge >= 0.3 is 5.97 Å². The molecule has 0 spiro atoms. The molecule has 3 N–H and O–H groups in total. The monoisotopic (exact) mass is 436 g/mol. The molecule has 0 fully saturated rings. The average Bonchev–Trinajstić information content (AvgIpc) is 2.74. The Balaban J connectivity index is 1.85. The third-order valence-electron chi connectivity index (χ3n) is 4.56. The van der Waals surface area contributed by atoms with E-state index in [1.807, 2.05) is 0 Å². The highest BCUT2D eigenvalue weighted by Crippen LogP contribution is 2.25. The molecular formula is C23H20N2O5S. The van der Waals surface area contributed by atoms with Crippen molar-refractivity contribution in [1.29, 1.82) is 0 Å². The number of rotatable bonds is 5. The van der Waals surface area contributed by atoms with Gasteiger partial charge in [-0.3, -0.25) is 4.72 Å². The van der Waals surface area contributed by atoms with Crippen molar-refractivity contribution in [3.8, 4) is 17.6 Å². The molecule has 7 nitrogen and oxygen atoms in total. The van der Waals surface area contributed by atoms with Crippen LogP contribution in [0.5, 0.6) is 5.75 Å². The van der Waals surface area contributed by atoms with Crippen LogP contribution in [0.3, 0.4) is 0 Å². The number of aromatic carboxylic acids is 1. The lowest BCUT2D eigenvalue weighted by atomic mass is 10.0. The second-order valence-electron chi connectivity index (χ2n) is 6.74. The standard InChI is InChI=1S/C23H20N2O5S/c1-3-18-13-17(14-20(21(18)26)23(27)28)7-6-16-8-10-19(11-9-16)31(29,30)25-22-15(2)5-4-12-24-22/h4-5,8-14,26H,3H2,1-2H3,(H,24,25)(H,27,28). The molecule has 0 aliphatic carbocycles. The highest BCUT2D eigenvalue weighted by Gasteiger charge is 2.16. The Hall–Kier alpha value is -3.83. The molecule has 0 saturated heterocycles. The van der Waals surface area contributed by atoms with Crippen molar-refractivity contribution in [1.82, 2.24) is 4.98 Å². The largest absolute Gasteiger partial charge is 0.507 e. The van der Waals surface area contributed by atoms with Crippen LogP contribution in [0, 0.1) is 18.8 Å². The molecule has 1 aromatic heterocycles. The van der Waals surface area contributed by atoms with E-state index in [0.29, 0.717) is 28.7 Å². The average molecular weight is 436 g/mol. The molecule has 1 heterocycles. The van der Waals surface area contributed by atoms with Crippen molar-refractivity contribution in [3.63, 3.8) is 0 Å². The van der Waals surface area contributed by atoms with Gasteiger partial charge in [0.1, 0.15) is 17.1 Å². The van der Waals surface area contributed by atoms with Gasteiger partial charge in [0.05, 0.1) is 4.90 Å². The van der Waals surface area contributed by atoms with Gasteiger partial charge in [-0.1, -0.05) is 24.8 Å². The van der Waals surface area contributed by atoms with E-state index >= 15 is 0 Å². The summed E-state index contributed by atoms with van der Waals surface area (Å²) in [4.78, 5) is 15.4. The Morgan fingerprint density at radius 3 is 2.39 bits per heavy atom. The fourth-order valence-corrected chi connectivity index (χ4v) is 3.92. The van der Waals surface area contributed by atoms with Crippen molar-refractivity contribution < 1.29 is 23.4 Å². The van der Waals surface area contributed by atoms with Crippen LogP contribution in [0.15, 0.2) is 59.6 Å². The molecule has 158 valence electrons. The van der Waals surface area contributed by atoms with E-state index in [1.165, 1.54) is 24.4 Å². The lowest BCUT2D eigenvalue weighted by molar-refractivity contribution is 0.0693. The molecule has 0 aliphatic heterocycles. The van der Waals surface area contributed by atoms with E-state index < -0.39 is 16.0 Å². The highest BCUT2D eigenvalue weighted by atomic mass is 32.2. The number of nitrogens with one attached hydrogen (secondary N) is 1. The molecule has 3 rings (SSSR count). The number of hydrogen-bond acceptors (Lipinski definition) is 5. The second-order valence-corrected chi connectivity index (χ2v) is 8.42. The third-order valence-corrected chi connectivity index (χ3v) is 5.91. The zero-order valence-corrected chi connectivity index (χ0v) is 17.7. The van der Waals surface area contributed by atoms with Gasteiger partial charge < -0.3 is 10.2 Å². The van der Waals surface area contributed by atoms with Gasteiger partial charge in [0.25, 0.3) is 10.0 Å². The third kappa shape index (κ3) is 5.02. The van der Waals surface area contributed by atoms with E-state index in [0.717, 1.165) is 0 Å². The number of aromatic hydroxyl groups is 1. The SMILES string of the molecule is CCc1cc(C#Cc2ccc(S(=O)(=O)Nc3ncccc3C)cc2)cc(C(=O)O)c1O. The van der Waals surface area contributed by atoms with Gasteiger partial charge in [0.2, 0.25) is 0 Å². The van der Waals surface area contributed by atoms with E-state index in [4.69, 9.17) is 0 Å². The zero-order valence-electron chi connectivity index (χ0n) is 16.9. The fourth-order valence-electron chi connectivity index (χ4n) is 2.84. The first-order valence-corrected chi connectivity index (χ1v) is 10.8. The van der Waals surface area contributed by atoms with Crippen LogP contribution in [0.1, 0.15) is 39.5 Å². The zero-order chi connectivity index (χ0) is 22.6. The lowest BCUT2D eigenvalue weighted by Gasteiger charge is -2.09. The summed E-state index contributed by atoms with van der Waals surface area (Å²) >= 11 is 0. The number of phenols is 1. The van der Waals surface area contributed by atoms with Gasteiger partial charge in [-0.25, -0.2) is 18.2 Å². The molecule has 3 aromatic rings. The molecule has 0 unspecified atom stereocenters. The van der Waals surface area contributed by atoms with Crippen LogP contribution in [-0.2, 0) is 16.4 Å². The molecule has 0 atom stereocenters. The van der Waals surface area contributed by atoms with Crippen molar-refractivity contribution in [2.75, 3.05) is 4.72 Å². The maximum absolute atomic E-state index is 12.6. The van der Waals surface area contributed by atoms with E-state index in [2.05, 4.69) is 21.5 Å². The summed E-state index contributed by atoms with van der Waals surface area (Å²) < 4.78 is 27.6. The Morgan fingerprint density at radius 2 is 1.77 bits per heavy atom.